The van der Waals surface area contributed by atoms with Crippen LogP contribution in [-0.4, -0.2) is 36.4 Å². The predicted octanol–water partition coefficient (Wildman–Crippen LogP) is 1.93. The summed E-state index contributed by atoms with van der Waals surface area (Å²) in [4.78, 5) is 10.8. The van der Waals surface area contributed by atoms with Crippen LogP contribution in [0.3, 0.4) is 0 Å². The second-order valence-electron chi connectivity index (χ2n) is 3.97. The Morgan fingerprint density at radius 3 is 2.39 bits per heavy atom. The fourth-order valence-corrected chi connectivity index (χ4v) is 4.01. The van der Waals surface area contributed by atoms with E-state index >= 15 is 0 Å². The molecule has 1 aromatic carbocycles. The van der Waals surface area contributed by atoms with Gasteiger partial charge in [-0.1, -0.05) is 12.1 Å². The second-order valence-corrected chi connectivity index (χ2v) is 6.68. The Labute approximate surface area is 115 Å². The van der Waals surface area contributed by atoms with E-state index in [0.29, 0.717) is 4.47 Å². The number of carboxylic acid groups (broad SMARTS) is 1. The number of rotatable bonds is 5. The molecule has 0 saturated carbocycles. The molecule has 0 aliphatic heterocycles. The summed E-state index contributed by atoms with van der Waals surface area (Å²) in [6.45, 7) is 2.72. The number of aliphatic carboxylic acids is 1. The van der Waals surface area contributed by atoms with Crippen molar-refractivity contribution in [2.45, 2.75) is 24.8 Å². The van der Waals surface area contributed by atoms with Crippen LogP contribution in [0.25, 0.3) is 0 Å². The molecule has 0 spiro atoms. The summed E-state index contributed by atoms with van der Waals surface area (Å²) in [5, 5.41) is 8.79. The Morgan fingerprint density at radius 1 is 1.39 bits per heavy atom. The largest absolute Gasteiger partial charge is 0.480 e. The van der Waals surface area contributed by atoms with Crippen molar-refractivity contribution in [3.05, 3.63) is 28.7 Å². The van der Waals surface area contributed by atoms with Crippen LogP contribution in [0.2, 0.25) is 0 Å². The van der Waals surface area contributed by atoms with Crippen LogP contribution >= 0.6 is 15.9 Å². The Bertz CT molecular complexity index is 542. The number of hydrogen-bond donors (Lipinski definition) is 1. The van der Waals surface area contributed by atoms with Gasteiger partial charge in [-0.2, -0.15) is 4.31 Å². The van der Waals surface area contributed by atoms with Crippen molar-refractivity contribution in [1.29, 1.82) is 0 Å². The van der Waals surface area contributed by atoms with Crippen LogP contribution in [0, 0.1) is 0 Å². The first-order valence-electron chi connectivity index (χ1n) is 5.25. The van der Waals surface area contributed by atoms with Gasteiger partial charge in [-0.15, -0.1) is 0 Å². The van der Waals surface area contributed by atoms with Crippen LogP contribution in [-0.2, 0) is 14.8 Å². The minimum absolute atomic E-state index is 0.0694. The zero-order valence-electron chi connectivity index (χ0n) is 10.00. The molecule has 0 unspecified atom stereocenters. The lowest BCUT2D eigenvalue weighted by Crippen LogP contribution is -2.40. The van der Waals surface area contributed by atoms with Crippen molar-refractivity contribution >= 4 is 31.9 Å². The molecule has 100 valence electrons. The summed E-state index contributed by atoms with van der Waals surface area (Å²) in [5.41, 5.74) is 0. The number of carboxylic acids is 1. The van der Waals surface area contributed by atoms with Gasteiger partial charge >= 0.3 is 5.97 Å². The van der Waals surface area contributed by atoms with E-state index in [2.05, 4.69) is 15.9 Å². The molecule has 7 heteroatoms. The zero-order chi connectivity index (χ0) is 13.9. The van der Waals surface area contributed by atoms with Crippen LogP contribution in [0.5, 0.6) is 0 Å². The average Bonchev–Trinajstić information content (AvgIpc) is 2.25. The van der Waals surface area contributed by atoms with E-state index in [0.717, 1.165) is 4.31 Å². The molecule has 0 amide bonds. The van der Waals surface area contributed by atoms with Crippen molar-refractivity contribution in [2.24, 2.45) is 0 Å². The molecule has 1 rings (SSSR count). The fraction of sp³-hybridized carbons (Fsp3) is 0.364. The maximum atomic E-state index is 12.4. The monoisotopic (exact) mass is 335 g/mol. The number of benzene rings is 1. The van der Waals surface area contributed by atoms with E-state index in [1.807, 2.05) is 0 Å². The molecule has 0 aliphatic carbocycles. The molecule has 1 N–H and O–H groups in total. The number of hydrogen-bond acceptors (Lipinski definition) is 3. The van der Waals surface area contributed by atoms with Gasteiger partial charge in [0.05, 0.1) is 4.90 Å². The van der Waals surface area contributed by atoms with Gasteiger partial charge in [-0.25, -0.2) is 8.42 Å². The summed E-state index contributed by atoms with van der Waals surface area (Å²) in [6, 6.07) is 5.90. The number of sulfonamides is 1. The quantitative estimate of drug-likeness (QED) is 0.892. The minimum Gasteiger partial charge on any atom is -0.480 e. The van der Waals surface area contributed by atoms with Gasteiger partial charge in [-0.05, 0) is 41.9 Å². The third-order valence-corrected chi connectivity index (χ3v) is 5.32. The topological polar surface area (TPSA) is 74.7 Å². The summed E-state index contributed by atoms with van der Waals surface area (Å²) in [7, 11) is -3.82. The molecule has 0 atom stereocenters. The first-order chi connectivity index (χ1) is 8.26. The lowest BCUT2D eigenvalue weighted by molar-refractivity contribution is -0.137. The Balaban J connectivity index is 3.26. The molecular weight excluding hydrogens is 322 g/mol. The molecule has 0 heterocycles. The maximum Gasteiger partial charge on any atom is 0.318 e. The molecule has 0 radical (unpaired) electrons. The van der Waals surface area contributed by atoms with E-state index in [1.165, 1.54) is 6.07 Å². The first-order valence-corrected chi connectivity index (χ1v) is 7.48. The SMILES string of the molecule is CC(C)N(CC(=O)O)S(=O)(=O)c1ccccc1Br. The Morgan fingerprint density at radius 2 is 1.94 bits per heavy atom. The number of nitrogens with zero attached hydrogens (tertiary/aromatic N) is 1. The van der Waals surface area contributed by atoms with Crippen molar-refractivity contribution in [3.63, 3.8) is 0 Å². The molecule has 0 bridgehead atoms. The lowest BCUT2D eigenvalue weighted by atomic mass is 10.4. The highest BCUT2D eigenvalue weighted by molar-refractivity contribution is 9.10. The van der Waals surface area contributed by atoms with Crippen LogP contribution in [0.1, 0.15) is 13.8 Å². The first kappa shape index (κ1) is 15.1. The summed E-state index contributed by atoms with van der Waals surface area (Å²) in [5.74, 6) is -1.18. The average molecular weight is 336 g/mol. The van der Waals surface area contributed by atoms with Gasteiger partial charge in [-0.3, -0.25) is 4.79 Å². The lowest BCUT2D eigenvalue weighted by Gasteiger charge is -2.24. The van der Waals surface area contributed by atoms with Crippen LogP contribution in [0.4, 0.5) is 0 Å². The van der Waals surface area contributed by atoms with Crippen molar-refractivity contribution < 1.29 is 18.3 Å². The number of halogens is 1. The van der Waals surface area contributed by atoms with Gasteiger partial charge < -0.3 is 5.11 Å². The van der Waals surface area contributed by atoms with Gasteiger partial charge in [0.25, 0.3) is 0 Å². The van der Waals surface area contributed by atoms with Crippen LogP contribution < -0.4 is 0 Å². The highest BCUT2D eigenvalue weighted by Crippen LogP contribution is 2.25. The van der Waals surface area contributed by atoms with Crippen molar-refractivity contribution in [1.82, 2.24) is 4.31 Å². The minimum atomic E-state index is -3.82. The molecule has 0 aliphatic rings. The predicted molar refractivity (Wildman–Crippen MR) is 70.8 cm³/mol. The van der Waals surface area contributed by atoms with Crippen LogP contribution in [0.15, 0.2) is 33.6 Å². The highest BCUT2D eigenvalue weighted by Gasteiger charge is 2.30. The van der Waals surface area contributed by atoms with E-state index in [9.17, 15) is 13.2 Å². The van der Waals surface area contributed by atoms with Crippen molar-refractivity contribution in [2.75, 3.05) is 6.54 Å². The second kappa shape index (κ2) is 5.81. The third-order valence-electron chi connectivity index (χ3n) is 2.29. The summed E-state index contributed by atoms with van der Waals surface area (Å²) >= 11 is 3.16. The van der Waals surface area contributed by atoms with Gasteiger partial charge in [0, 0.05) is 10.5 Å². The maximum absolute atomic E-state index is 12.4. The van der Waals surface area contributed by atoms with Crippen molar-refractivity contribution in [3.8, 4) is 0 Å². The van der Waals surface area contributed by atoms with E-state index in [4.69, 9.17) is 5.11 Å². The van der Waals surface area contributed by atoms with Gasteiger partial charge in [0.15, 0.2) is 0 Å². The normalized spacial score (nSPS) is 12.1. The summed E-state index contributed by atoms with van der Waals surface area (Å²) < 4.78 is 26.1. The molecule has 0 fully saturated rings. The Hall–Kier alpha value is -0.920. The van der Waals surface area contributed by atoms with E-state index < -0.39 is 28.6 Å². The third kappa shape index (κ3) is 3.30. The Kier molecular flexibility index (Phi) is 4.89. The highest BCUT2D eigenvalue weighted by atomic mass is 79.9. The molecule has 5 nitrogen and oxygen atoms in total. The molecule has 0 saturated heterocycles. The molecule has 0 aromatic heterocycles. The molecule has 18 heavy (non-hydrogen) atoms. The van der Waals surface area contributed by atoms with Gasteiger partial charge in [0.2, 0.25) is 10.0 Å². The molecule has 1 aromatic rings. The van der Waals surface area contributed by atoms with Gasteiger partial charge in [0.1, 0.15) is 6.54 Å². The van der Waals surface area contributed by atoms with E-state index in [-0.39, 0.29) is 4.90 Å². The fourth-order valence-electron chi connectivity index (χ4n) is 1.46. The summed E-state index contributed by atoms with van der Waals surface area (Å²) in [6.07, 6.45) is 0. The smallest absolute Gasteiger partial charge is 0.318 e. The zero-order valence-corrected chi connectivity index (χ0v) is 12.4. The van der Waals surface area contributed by atoms with E-state index in [1.54, 1.807) is 32.0 Å². The molecular formula is C11H14BrNO4S. The number of carbonyl (C=O) groups is 1. The standard InChI is InChI=1S/C11H14BrNO4S/c1-8(2)13(7-11(14)15)18(16,17)10-6-4-3-5-9(10)12/h3-6,8H,7H2,1-2H3,(H,14,15).